The molecule has 1 unspecified atom stereocenters. The Balaban J connectivity index is 4.58. The van der Waals surface area contributed by atoms with Crippen LogP contribution in [0.5, 0.6) is 0 Å². The van der Waals surface area contributed by atoms with Crippen LogP contribution in [0.4, 0.5) is 0 Å². The smallest absolute Gasteiger partial charge is 0.279 e. The molecule has 0 aromatic carbocycles. The lowest BCUT2D eigenvalue weighted by Gasteiger charge is -2.28. The normalized spacial score (nSPS) is 16.0. The summed E-state index contributed by atoms with van der Waals surface area (Å²) < 4.78 is 28.3. The third kappa shape index (κ3) is 7.87. The topological polar surface area (TPSA) is 69.6 Å². The number of aliphatic hydroxyl groups is 1. The average molecular weight is 294 g/mol. The quantitative estimate of drug-likeness (QED) is 0.645. The Hall–Kier alpha value is -0.170. The molecule has 0 radical (unpaired) electrons. The molecule has 19 heavy (non-hydrogen) atoms. The third-order valence-corrected chi connectivity index (χ3v) is 4.32. The van der Waals surface area contributed by atoms with Crippen LogP contribution < -0.4 is 4.72 Å². The van der Waals surface area contributed by atoms with Crippen LogP contribution in [0.2, 0.25) is 0 Å². The number of nitrogens with one attached hydrogen (secondary N) is 1. The van der Waals surface area contributed by atoms with Gasteiger partial charge in [-0.05, 0) is 32.1 Å². The highest BCUT2D eigenvalue weighted by molar-refractivity contribution is 7.87. The molecule has 116 valence electrons. The summed E-state index contributed by atoms with van der Waals surface area (Å²) in [6.07, 6.45) is 2.13. The predicted octanol–water partition coefficient (Wildman–Crippen LogP) is 1.74. The Labute approximate surface area is 118 Å². The fraction of sp³-hybridized carbons (Fsp3) is 1.00. The SMILES string of the molecule is CCCN(CCC)S(=O)(=O)NCC(C)(O)CC(C)C. The molecule has 0 aliphatic heterocycles. The monoisotopic (exact) mass is 294 g/mol. The molecule has 5 nitrogen and oxygen atoms in total. The van der Waals surface area contributed by atoms with Gasteiger partial charge in [0.05, 0.1) is 5.60 Å². The van der Waals surface area contributed by atoms with Crippen molar-refractivity contribution >= 4 is 10.2 Å². The lowest BCUT2D eigenvalue weighted by Crippen LogP contribution is -2.47. The average Bonchev–Trinajstić information content (AvgIpc) is 2.25. The zero-order chi connectivity index (χ0) is 15.1. The lowest BCUT2D eigenvalue weighted by molar-refractivity contribution is 0.0433. The molecule has 0 heterocycles. The third-order valence-electron chi connectivity index (χ3n) is 2.77. The number of nitrogens with zero attached hydrogens (tertiary/aromatic N) is 1. The molecule has 0 fully saturated rings. The van der Waals surface area contributed by atoms with Crippen molar-refractivity contribution in [3.63, 3.8) is 0 Å². The Bertz CT molecular complexity index is 334. The largest absolute Gasteiger partial charge is 0.389 e. The first kappa shape index (κ1) is 18.8. The first-order chi connectivity index (χ1) is 8.64. The van der Waals surface area contributed by atoms with E-state index in [2.05, 4.69) is 4.72 Å². The van der Waals surface area contributed by atoms with Crippen LogP contribution in [-0.2, 0) is 10.2 Å². The summed E-state index contributed by atoms with van der Waals surface area (Å²) in [6, 6.07) is 0. The predicted molar refractivity (Wildman–Crippen MR) is 79.2 cm³/mol. The number of hydrogen-bond acceptors (Lipinski definition) is 3. The highest BCUT2D eigenvalue weighted by Gasteiger charge is 2.27. The molecule has 0 spiro atoms. The Morgan fingerprint density at radius 3 is 2.05 bits per heavy atom. The summed E-state index contributed by atoms with van der Waals surface area (Å²) in [5.41, 5.74) is -1.01. The van der Waals surface area contributed by atoms with Crippen molar-refractivity contribution in [2.75, 3.05) is 19.6 Å². The molecule has 6 heteroatoms. The van der Waals surface area contributed by atoms with Gasteiger partial charge >= 0.3 is 0 Å². The van der Waals surface area contributed by atoms with E-state index in [1.807, 2.05) is 27.7 Å². The van der Waals surface area contributed by atoms with Crippen LogP contribution in [0.3, 0.4) is 0 Å². The van der Waals surface area contributed by atoms with E-state index in [-0.39, 0.29) is 6.54 Å². The van der Waals surface area contributed by atoms with Crippen LogP contribution in [0.1, 0.15) is 53.9 Å². The van der Waals surface area contributed by atoms with Gasteiger partial charge in [0.2, 0.25) is 0 Å². The highest BCUT2D eigenvalue weighted by atomic mass is 32.2. The molecular formula is C13H30N2O3S. The van der Waals surface area contributed by atoms with Crippen LogP contribution in [0.15, 0.2) is 0 Å². The molecule has 0 aliphatic rings. The lowest BCUT2D eigenvalue weighted by atomic mass is 9.95. The van der Waals surface area contributed by atoms with Crippen molar-refractivity contribution in [2.24, 2.45) is 5.92 Å². The summed E-state index contributed by atoms with van der Waals surface area (Å²) in [6.45, 7) is 10.6. The second kappa shape index (κ2) is 8.19. The van der Waals surface area contributed by atoms with E-state index >= 15 is 0 Å². The van der Waals surface area contributed by atoms with Crippen LogP contribution in [0.25, 0.3) is 0 Å². The Morgan fingerprint density at radius 1 is 1.21 bits per heavy atom. The Kier molecular flexibility index (Phi) is 8.12. The minimum Gasteiger partial charge on any atom is -0.389 e. The maximum absolute atomic E-state index is 12.1. The van der Waals surface area contributed by atoms with E-state index in [1.165, 1.54) is 4.31 Å². The van der Waals surface area contributed by atoms with E-state index in [0.29, 0.717) is 25.4 Å². The molecule has 0 aliphatic carbocycles. The van der Waals surface area contributed by atoms with Crippen LogP contribution >= 0.6 is 0 Å². The van der Waals surface area contributed by atoms with Gasteiger partial charge in [-0.3, -0.25) is 0 Å². The summed E-state index contributed by atoms with van der Waals surface area (Å²) in [4.78, 5) is 0. The Morgan fingerprint density at radius 2 is 1.68 bits per heavy atom. The van der Waals surface area contributed by atoms with Gasteiger partial charge in [0, 0.05) is 19.6 Å². The molecule has 0 saturated carbocycles. The molecular weight excluding hydrogens is 264 g/mol. The number of rotatable bonds is 10. The van der Waals surface area contributed by atoms with Crippen molar-refractivity contribution < 1.29 is 13.5 Å². The van der Waals surface area contributed by atoms with E-state index in [9.17, 15) is 13.5 Å². The van der Waals surface area contributed by atoms with Gasteiger partial charge in [-0.15, -0.1) is 0 Å². The number of hydrogen-bond donors (Lipinski definition) is 2. The van der Waals surface area contributed by atoms with Crippen molar-refractivity contribution in [1.82, 2.24) is 9.03 Å². The highest BCUT2D eigenvalue weighted by Crippen LogP contribution is 2.15. The molecule has 0 rings (SSSR count). The molecule has 0 aromatic rings. The zero-order valence-corrected chi connectivity index (χ0v) is 13.8. The second-order valence-electron chi connectivity index (χ2n) is 5.82. The molecule has 0 amide bonds. The maximum Gasteiger partial charge on any atom is 0.279 e. The summed E-state index contributed by atoms with van der Waals surface area (Å²) in [5, 5.41) is 10.1. The van der Waals surface area contributed by atoms with Crippen molar-refractivity contribution in [3.8, 4) is 0 Å². The fourth-order valence-electron chi connectivity index (χ4n) is 2.14. The van der Waals surface area contributed by atoms with Gasteiger partial charge in [0.1, 0.15) is 0 Å². The second-order valence-corrected chi connectivity index (χ2v) is 7.58. The molecule has 0 bridgehead atoms. The van der Waals surface area contributed by atoms with Gasteiger partial charge in [-0.1, -0.05) is 27.7 Å². The van der Waals surface area contributed by atoms with Crippen molar-refractivity contribution in [3.05, 3.63) is 0 Å². The fourth-order valence-corrected chi connectivity index (χ4v) is 3.66. The maximum atomic E-state index is 12.1. The van der Waals surface area contributed by atoms with Gasteiger partial charge in [0.25, 0.3) is 10.2 Å². The van der Waals surface area contributed by atoms with Crippen LogP contribution in [0, 0.1) is 5.92 Å². The van der Waals surface area contributed by atoms with Gasteiger partial charge < -0.3 is 5.11 Å². The molecule has 0 aromatic heterocycles. The summed E-state index contributed by atoms with van der Waals surface area (Å²) in [7, 11) is -3.49. The van der Waals surface area contributed by atoms with Gasteiger partial charge in [-0.25, -0.2) is 0 Å². The first-order valence-corrected chi connectivity index (χ1v) is 8.55. The van der Waals surface area contributed by atoms with E-state index in [4.69, 9.17) is 0 Å². The minimum atomic E-state index is -3.49. The van der Waals surface area contributed by atoms with Gasteiger partial charge in [-0.2, -0.15) is 17.4 Å². The minimum absolute atomic E-state index is 0.0530. The molecule has 2 N–H and O–H groups in total. The molecule has 0 saturated heterocycles. The van der Waals surface area contributed by atoms with Crippen LogP contribution in [-0.4, -0.2) is 43.1 Å². The summed E-state index contributed by atoms with van der Waals surface area (Å²) >= 11 is 0. The summed E-state index contributed by atoms with van der Waals surface area (Å²) in [5.74, 6) is 0.321. The first-order valence-electron chi connectivity index (χ1n) is 7.11. The van der Waals surface area contributed by atoms with E-state index in [0.717, 1.165) is 12.8 Å². The van der Waals surface area contributed by atoms with Crippen molar-refractivity contribution in [2.45, 2.75) is 59.5 Å². The van der Waals surface area contributed by atoms with Crippen molar-refractivity contribution in [1.29, 1.82) is 0 Å². The zero-order valence-electron chi connectivity index (χ0n) is 12.9. The standard InChI is InChI=1S/C13H30N2O3S/c1-6-8-15(9-7-2)19(17,18)14-11-13(5,16)10-12(3)4/h12,14,16H,6-11H2,1-5H3. The van der Waals surface area contributed by atoms with E-state index < -0.39 is 15.8 Å². The molecule has 1 atom stereocenters. The van der Waals surface area contributed by atoms with Gasteiger partial charge in [0.15, 0.2) is 0 Å². The van der Waals surface area contributed by atoms with E-state index in [1.54, 1.807) is 6.92 Å².